The highest BCUT2D eigenvalue weighted by Crippen LogP contribution is 2.26. The lowest BCUT2D eigenvalue weighted by atomic mass is 10.3. The largest absolute Gasteiger partial charge is 0.573 e. The molecule has 0 unspecified atom stereocenters. The number of hydrogen-bond acceptors (Lipinski definition) is 6. The van der Waals surface area contributed by atoms with Crippen LogP contribution in [-0.2, 0) is 9.59 Å². The summed E-state index contributed by atoms with van der Waals surface area (Å²) in [5.41, 5.74) is 0. The molecule has 2 aromatic rings. The van der Waals surface area contributed by atoms with Gasteiger partial charge in [0.05, 0.1) is 0 Å². The predicted molar refractivity (Wildman–Crippen MR) is 77.5 cm³/mol. The fraction of sp³-hybridized carbons (Fsp3) is 0.125. The number of esters is 2. The lowest BCUT2D eigenvalue weighted by molar-refractivity contribution is -0.275. The Morgan fingerprint density at radius 2 is 0.786 bits per heavy atom. The fourth-order valence-corrected chi connectivity index (χ4v) is 1.72. The van der Waals surface area contributed by atoms with Crippen molar-refractivity contribution in [2.24, 2.45) is 0 Å². The molecule has 0 bridgehead atoms. The van der Waals surface area contributed by atoms with Crippen LogP contribution in [0.3, 0.4) is 0 Å². The maximum absolute atomic E-state index is 12.0. The van der Waals surface area contributed by atoms with Gasteiger partial charge in [0.1, 0.15) is 23.0 Å². The molecule has 0 aromatic heterocycles. The molecule has 0 aliphatic heterocycles. The summed E-state index contributed by atoms with van der Waals surface area (Å²) in [6.07, 6.45) is -9.80. The summed E-state index contributed by atoms with van der Waals surface area (Å²) in [4.78, 5) is 23.2. The molecule has 0 spiro atoms. The van der Waals surface area contributed by atoms with Gasteiger partial charge in [-0.3, -0.25) is 0 Å². The van der Waals surface area contributed by atoms with Crippen LogP contribution in [0.1, 0.15) is 0 Å². The van der Waals surface area contributed by atoms with Crippen LogP contribution in [0.15, 0.2) is 48.5 Å². The van der Waals surface area contributed by atoms with Gasteiger partial charge < -0.3 is 18.9 Å². The molecule has 12 heteroatoms. The number of ether oxygens (including phenoxy) is 4. The second-order valence-corrected chi connectivity index (χ2v) is 4.82. The number of carbonyl (C=O) groups is 2. The Balaban J connectivity index is 1.91. The van der Waals surface area contributed by atoms with Gasteiger partial charge in [-0.05, 0) is 48.5 Å². The van der Waals surface area contributed by atoms with Gasteiger partial charge in [-0.2, -0.15) is 0 Å². The highest BCUT2D eigenvalue weighted by molar-refractivity contribution is 6.31. The minimum atomic E-state index is -4.90. The zero-order valence-electron chi connectivity index (χ0n) is 13.3. The van der Waals surface area contributed by atoms with Crippen molar-refractivity contribution in [2.75, 3.05) is 0 Å². The molecule has 0 radical (unpaired) electrons. The minimum absolute atomic E-state index is 0.273. The molecule has 0 heterocycles. The first-order chi connectivity index (χ1) is 12.9. The monoisotopic (exact) mass is 410 g/mol. The highest BCUT2D eigenvalue weighted by Gasteiger charge is 2.32. The summed E-state index contributed by atoms with van der Waals surface area (Å²) >= 11 is 0. The maximum Gasteiger partial charge on any atom is 0.573 e. The van der Waals surface area contributed by atoms with E-state index in [9.17, 15) is 35.9 Å². The summed E-state index contributed by atoms with van der Waals surface area (Å²) in [5, 5.41) is 0. The van der Waals surface area contributed by atoms with Crippen LogP contribution in [0.5, 0.6) is 23.0 Å². The van der Waals surface area contributed by atoms with E-state index in [1.165, 1.54) is 0 Å². The molecule has 150 valence electrons. The molecular formula is C16H8F6O6. The third-order valence-electron chi connectivity index (χ3n) is 2.70. The molecule has 2 aromatic carbocycles. The first-order valence-corrected chi connectivity index (χ1v) is 7.07. The highest BCUT2D eigenvalue weighted by atomic mass is 19.4. The molecule has 0 fully saturated rings. The van der Waals surface area contributed by atoms with Crippen LogP contribution in [-0.4, -0.2) is 24.7 Å². The van der Waals surface area contributed by atoms with Gasteiger partial charge in [0.15, 0.2) is 0 Å². The van der Waals surface area contributed by atoms with Crippen LogP contribution in [0.4, 0.5) is 26.3 Å². The van der Waals surface area contributed by atoms with Crippen molar-refractivity contribution in [3.8, 4) is 23.0 Å². The van der Waals surface area contributed by atoms with Gasteiger partial charge in [0.25, 0.3) is 0 Å². The lowest BCUT2D eigenvalue weighted by Crippen LogP contribution is -2.25. The second-order valence-electron chi connectivity index (χ2n) is 4.82. The summed E-state index contributed by atoms with van der Waals surface area (Å²) in [6.45, 7) is 0. The average Bonchev–Trinajstić information content (AvgIpc) is 2.55. The van der Waals surface area contributed by atoms with E-state index in [1.807, 2.05) is 0 Å². The third kappa shape index (κ3) is 7.05. The van der Waals surface area contributed by atoms with Gasteiger partial charge in [0.2, 0.25) is 0 Å². The van der Waals surface area contributed by atoms with E-state index in [1.54, 1.807) is 0 Å². The van der Waals surface area contributed by atoms with E-state index in [0.717, 1.165) is 48.5 Å². The lowest BCUT2D eigenvalue weighted by Gasteiger charge is -2.10. The predicted octanol–water partition coefficient (Wildman–Crippen LogP) is 3.99. The van der Waals surface area contributed by atoms with Gasteiger partial charge in [-0.25, -0.2) is 9.59 Å². The SMILES string of the molecule is O=C(Oc1ccc(OC(F)(F)F)cc1)C(=O)Oc1ccc(OC(F)(F)F)cc1. The molecule has 0 aliphatic carbocycles. The number of alkyl halides is 6. The number of carbonyl (C=O) groups excluding carboxylic acids is 2. The molecule has 6 nitrogen and oxygen atoms in total. The number of hydrogen-bond donors (Lipinski definition) is 0. The Bertz CT molecular complexity index is 755. The van der Waals surface area contributed by atoms with Crippen molar-refractivity contribution < 1.29 is 54.9 Å². The average molecular weight is 410 g/mol. The van der Waals surface area contributed by atoms with Crippen LogP contribution in [0, 0.1) is 0 Å². The Kier molecular flexibility index (Phi) is 6.01. The van der Waals surface area contributed by atoms with Crippen LogP contribution >= 0.6 is 0 Å². The molecule has 0 amide bonds. The molecule has 0 atom stereocenters. The Morgan fingerprint density at radius 1 is 0.536 bits per heavy atom. The fourth-order valence-electron chi connectivity index (χ4n) is 1.72. The minimum Gasteiger partial charge on any atom is -0.418 e. The van der Waals surface area contributed by atoms with E-state index >= 15 is 0 Å². The van der Waals surface area contributed by atoms with Gasteiger partial charge >= 0.3 is 24.7 Å². The van der Waals surface area contributed by atoms with Gasteiger partial charge in [0, 0.05) is 0 Å². The van der Waals surface area contributed by atoms with E-state index in [0.29, 0.717) is 0 Å². The van der Waals surface area contributed by atoms with E-state index in [4.69, 9.17) is 0 Å². The zero-order chi connectivity index (χ0) is 20.9. The van der Waals surface area contributed by atoms with Crippen molar-refractivity contribution >= 4 is 11.9 Å². The van der Waals surface area contributed by atoms with E-state index in [2.05, 4.69) is 18.9 Å². The van der Waals surface area contributed by atoms with Crippen molar-refractivity contribution in [1.82, 2.24) is 0 Å². The molecule has 0 aliphatic rings. The summed E-state index contributed by atoms with van der Waals surface area (Å²) in [7, 11) is 0. The molecule has 2 rings (SSSR count). The standard InChI is InChI=1S/C16H8F6O6/c17-15(18,19)27-11-5-1-9(2-6-11)25-13(23)14(24)26-10-3-7-12(8-4-10)28-16(20,21)22/h1-8H. The van der Waals surface area contributed by atoms with E-state index < -0.39 is 36.2 Å². The van der Waals surface area contributed by atoms with Gasteiger partial charge in [-0.1, -0.05) is 0 Å². The Labute approximate surface area is 152 Å². The Hall–Kier alpha value is -3.44. The van der Waals surface area contributed by atoms with Gasteiger partial charge in [-0.15, -0.1) is 26.3 Å². The van der Waals surface area contributed by atoms with Crippen LogP contribution in [0.2, 0.25) is 0 Å². The molecule has 0 saturated heterocycles. The molecular weight excluding hydrogens is 402 g/mol. The van der Waals surface area contributed by atoms with Crippen molar-refractivity contribution in [1.29, 1.82) is 0 Å². The first kappa shape index (κ1) is 20.9. The molecule has 0 saturated carbocycles. The van der Waals surface area contributed by atoms with Crippen molar-refractivity contribution in [3.05, 3.63) is 48.5 Å². The molecule has 28 heavy (non-hydrogen) atoms. The van der Waals surface area contributed by atoms with Crippen LogP contribution < -0.4 is 18.9 Å². The second kappa shape index (κ2) is 8.06. The normalized spacial score (nSPS) is 11.5. The quantitative estimate of drug-likeness (QED) is 0.329. The number of benzene rings is 2. The first-order valence-electron chi connectivity index (χ1n) is 7.07. The maximum atomic E-state index is 12.0. The van der Waals surface area contributed by atoms with Crippen LogP contribution in [0.25, 0.3) is 0 Å². The van der Waals surface area contributed by atoms with E-state index in [-0.39, 0.29) is 11.5 Å². The van der Waals surface area contributed by atoms with Crippen molar-refractivity contribution in [3.63, 3.8) is 0 Å². The molecule has 0 N–H and O–H groups in total. The summed E-state index contributed by atoms with van der Waals surface area (Å²) in [5.74, 6) is -4.72. The van der Waals surface area contributed by atoms with Crippen molar-refractivity contribution in [2.45, 2.75) is 12.7 Å². The summed E-state index contributed by atoms with van der Waals surface area (Å²) in [6, 6.07) is 7.15. The topological polar surface area (TPSA) is 71.1 Å². The summed E-state index contributed by atoms with van der Waals surface area (Å²) < 4.78 is 88.7. The number of rotatable bonds is 4. The zero-order valence-corrected chi connectivity index (χ0v) is 13.3. The Morgan fingerprint density at radius 3 is 1.04 bits per heavy atom. The smallest absolute Gasteiger partial charge is 0.418 e. The number of halogens is 6. The third-order valence-corrected chi connectivity index (χ3v) is 2.70.